The smallest absolute Gasteiger partial charge is 0.244 e. The third-order valence-corrected chi connectivity index (χ3v) is 8.88. The van der Waals surface area contributed by atoms with Gasteiger partial charge >= 0.3 is 0 Å². The number of hydrogen-bond acceptors (Lipinski definition) is 5. The summed E-state index contributed by atoms with van der Waals surface area (Å²) in [6, 6.07) is 23.5. The molecule has 0 radical (unpaired) electrons. The molecular weight excluding hydrogens is 550 g/mol. The van der Waals surface area contributed by atoms with E-state index in [-0.39, 0.29) is 18.5 Å². The standard InChI is InChI=1S/C33H41N3O5S/c1-4-31(33(38)34-28-16-10-11-17-28)35(22-27-15-9-8-12-25(27)2)32(37)23-36(42(3,39)40)29-18-20-30(21-19-29)41-24-26-13-6-5-7-14-26/h5-9,12-15,18-21,28,31H,4,10-11,16-17,22-24H2,1-3H3,(H,34,38)/t31-/m1/s1. The Labute approximate surface area is 249 Å². The molecule has 1 aliphatic rings. The minimum absolute atomic E-state index is 0.108. The normalized spacial score (nSPS) is 14.3. The molecule has 3 aromatic rings. The molecule has 0 bridgehead atoms. The number of carbonyl (C=O) groups is 2. The van der Waals surface area contributed by atoms with Crippen molar-refractivity contribution in [1.82, 2.24) is 10.2 Å². The van der Waals surface area contributed by atoms with Crippen molar-refractivity contribution in [3.05, 3.63) is 95.6 Å². The van der Waals surface area contributed by atoms with Gasteiger partial charge in [-0.1, -0.05) is 74.4 Å². The van der Waals surface area contributed by atoms with E-state index in [0.717, 1.165) is 52.9 Å². The first-order valence-corrected chi connectivity index (χ1v) is 16.4. The van der Waals surface area contributed by atoms with E-state index in [1.807, 2.05) is 68.4 Å². The van der Waals surface area contributed by atoms with Gasteiger partial charge in [-0.25, -0.2) is 8.42 Å². The second-order valence-electron chi connectivity index (χ2n) is 10.9. The van der Waals surface area contributed by atoms with E-state index < -0.39 is 28.5 Å². The molecule has 1 aliphatic carbocycles. The first-order valence-electron chi connectivity index (χ1n) is 14.5. The van der Waals surface area contributed by atoms with Gasteiger partial charge in [-0.2, -0.15) is 0 Å². The Balaban J connectivity index is 1.55. The van der Waals surface area contributed by atoms with E-state index in [1.54, 1.807) is 24.3 Å². The Kier molecular flexibility index (Phi) is 10.6. The molecule has 0 aromatic heterocycles. The zero-order valence-electron chi connectivity index (χ0n) is 24.7. The van der Waals surface area contributed by atoms with Gasteiger partial charge in [0.25, 0.3) is 0 Å². The number of rotatable bonds is 13. The molecule has 0 unspecified atom stereocenters. The molecule has 2 amide bonds. The number of ether oxygens (including phenoxy) is 1. The van der Waals surface area contributed by atoms with E-state index in [4.69, 9.17) is 4.74 Å². The second kappa shape index (κ2) is 14.4. The molecule has 1 atom stereocenters. The van der Waals surface area contributed by atoms with E-state index in [2.05, 4.69) is 5.32 Å². The van der Waals surface area contributed by atoms with E-state index in [9.17, 15) is 18.0 Å². The van der Waals surface area contributed by atoms with E-state index >= 15 is 0 Å². The number of aryl methyl sites for hydroxylation is 1. The number of carbonyl (C=O) groups excluding carboxylic acids is 2. The second-order valence-corrected chi connectivity index (χ2v) is 12.8. The predicted octanol–water partition coefficient (Wildman–Crippen LogP) is 5.21. The molecule has 1 N–H and O–H groups in total. The maximum Gasteiger partial charge on any atom is 0.244 e. The van der Waals surface area contributed by atoms with Crippen LogP contribution in [0.2, 0.25) is 0 Å². The number of nitrogens with zero attached hydrogens (tertiary/aromatic N) is 2. The van der Waals surface area contributed by atoms with Crippen molar-refractivity contribution >= 4 is 27.5 Å². The summed E-state index contributed by atoms with van der Waals surface area (Å²) < 4.78 is 32.8. The summed E-state index contributed by atoms with van der Waals surface area (Å²) in [5.74, 6) is -0.0585. The highest BCUT2D eigenvalue weighted by molar-refractivity contribution is 7.92. The van der Waals surface area contributed by atoms with Gasteiger partial charge in [0.05, 0.1) is 11.9 Å². The molecule has 0 spiro atoms. The molecule has 8 nitrogen and oxygen atoms in total. The van der Waals surface area contributed by atoms with Crippen LogP contribution in [-0.4, -0.2) is 50.0 Å². The van der Waals surface area contributed by atoms with Gasteiger partial charge in [0.15, 0.2) is 0 Å². The van der Waals surface area contributed by atoms with Crippen LogP contribution in [0.1, 0.15) is 55.7 Å². The summed E-state index contributed by atoms with van der Waals surface area (Å²) in [5.41, 5.74) is 3.26. The quantitative estimate of drug-likeness (QED) is 0.295. The third-order valence-electron chi connectivity index (χ3n) is 7.74. The molecule has 0 aliphatic heterocycles. The minimum Gasteiger partial charge on any atom is -0.489 e. The summed E-state index contributed by atoms with van der Waals surface area (Å²) in [7, 11) is -3.82. The van der Waals surface area contributed by atoms with Crippen molar-refractivity contribution in [3.8, 4) is 5.75 Å². The average Bonchev–Trinajstić information content (AvgIpc) is 3.49. The Morgan fingerprint density at radius 2 is 1.60 bits per heavy atom. The summed E-state index contributed by atoms with van der Waals surface area (Å²) in [6.45, 7) is 3.99. The fraction of sp³-hybridized carbons (Fsp3) is 0.394. The van der Waals surface area contributed by atoms with Crippen molar-refractivity contribution < 1.29 is 22.7 Å². The van der Waals surface area contributed by atoms with Crippen molar-refractivity contribution in [3.63, 3.8) is 0 Å². The molecule has 224 valence electrons. The fourth-order valence-electron chi connectivity index (χ4n) is 5.32. The van der Waals surface area contributed by atoms with Crippen LogP contribution in [-0.2, 0) is 32.8 Å². The Hall–Kier alpha value is -3.85. The number of hydrogen-bond donors (Lipinski definition) is 1. The first-order chi connectivity index (χ1) is 20.2. The van der Waals surface area contributed by atoms with Crippen molar-refractivity contribution in [1.29, 1.82) is 0 Å². The molecule has 42 heavy (non-hydrogen) atoms. The Morgan fingerprint density at radius 3 is 2.21 bits per heavy atom. The maximum absolute atomic E-state index is 14.0. The van der Waals surface area contributed by atoms with Crippen molar-refractivity contribution in [2.45, 2.75) is 71.2 Å². The monoisotopic (exact) mass is 591 g/mol. The van der Waals surface area contributed by atoms with Gasteiger partial charge < -0.3 is 15.0 Å². The van der Waals surface area contributed by atoms with Crippen LogP contribution >= 0.6 is 0 Å². The highest BCUT2D eigenvalue weighted by Gasteiger charge is 2.33. The van der Waals surface area contributed by atoms with E-state index in [1.165, 1.54) is 4.90 Å². The third kappa shape index (κ3) is 8.35. The average molecular weight is 592 g/mol. The summed E-state index contributed by atoms with van der Waals surface area (Å²) >= 11 is 0. The SMILES string of the molecule is CC[C@H](C(=O)NC1CCCC1)N(Cc1ccccc1C)C(=O)CN(c1ccc(OCc2ccccc2)cc1)S(C)(=O)=O. The van der Waals surface area contributed by atoms with Gasteiger partial charge in [-0.15, -0.1) is 0 Å². The number of anilines is 1. The van der Waals surface area contributed by atoms with Crippen molar-refractivity contribution in [2.24, 2.45) is 0 Å². The molecular formula is C33H41N3O5S. The minimum atomic E-state index is -3.82. The Morgan fingerprint density at radius 1 is 0.952 bits per heavy atom. The molecule has 0 saturated heterocycles. The van der Waals surface area contributed by atoms with Crippen LogP contribution in [0.25, 0.3) is 0 Å². The lowest BCUT2D eigenvalue weighted by Crippen LogP contribution is -2.53. The maximum atomic E-state index is 14.0. The Bertz CT molecular complexity index is 1440. The van der Waals surface area contributed by atoms with Crippen LogP contribution in [0.15, 0.2) is 78.9 Å². The molecule has 4 rings (SSSR count). The molecule has 0 heterocycles. The van der Waals surface area contributed by atoms with Gasteiger partial charge in [0, 0.05) is 12.6 Å². The number of amides is 2. The van der Waals surface area contributed by atoms with Crippen LogP contribution in [0, 0.1) is 6.92 Å². The van der Waals surface area contributed by atoms with Gasteiger partial charge in [0.1, 0.15) is 24.9 Å². The van der Waals surface area contributed by atoms with Crippen LogP contribution in [0.5, 0.6) is 5.75 Å². The van der Waals surface area contributed by atoms with Crippen LogP contribution in [0.4, 0.5) is 5.69 Å². The highest BCUT2D eigenvalue weighted by atomic mass is 32.2. The lowest BCUT2D eigenvalue weighted by Gasteiger charge is -2.33. The number of nitrogens with one attached hydrogen (secondary N) is 1. The molecule has 1 fully saturated rings. The molecule has 1 saturated carbocycles. The largest absolute Gasteiger partial charge is 0.489 e. The summed E-state index contributed by atoms with van der Waals surface area (Å²) in [4.78, 5) is 29.0. The lowest BCUT2D eigenvalue weighted by molar-refractivity contribution is -0.140. The van der Waals surface area contributed by atoms with Gasteiger partial charge in [-0.3, -0.25) is 13.9 Å². The lowest BCUT2D eigenvalue weighted by atomic mass is 10.1. The first kappa shape index (κ1) is 31.1. The van der Waals surface area contributed by atoms with Gasteiger partial charge in [0.2, 0.25) is 21.8 Å². The zero-order valence-corrected chi connectivity index (χ0v) is 25.5. The fourth-order valence-corrected chi connectivity index (χ4v) is 6.17. The topological polar surface area (TPSA) is 96.0 Å². The predicted molar refractivity (Wildman–Crippen MR) is 166 cm³/mol. The zero-order chi connectivity index (χ0) is 30.1. The van der Waals surface area contributed by atoms with Gasteiger partial charge in [-0.05, 0) is 67.1 Å². The van der Waals surface area contributed by atoms with E-state index in [0.29, 0.717) is 24.5 Å². The summed E-state index contributed by atoms with van der Waals surface area (Å²) in [5, 5.41) is 3.13. The van der Waals surface area contributed by atoms with Crippen LogP contribution in [0.3, 0.4) is 0 Å². The molecule has 3 aromatic carbocycles. The number of benzene rings is 3. The summed E-state index contributed by atoms with van der Waals surface area (Å²) in [6.07, 6.45) is 5.50. The number of sulfonamides is 1. The highest BCUT2D eigenvalue weighted by Crippen LogP contribution is 2.24. The van der Waals surface area contributed by atoms with Crippen molar-refractivity contribution in [2.75, 3.05) is 17.1 Å². The van der Waals surface area contributed by atoms with Crippen LogP contribution < -0.4 is 14.4 Å². The molecule has 9 heteroatoms.